The van der Waals surface area contributed by atoms with Gasteiger partial charge in [0.15, 0.2) is 0 Å². The minimum atomic E-state index is -0.766. The fourth-order valence-electron chi connectivity index (χ4n) is 11.5. The Labute approximate surface area is 400 Å². The Morgan fingerprint density at radius 3 is 2.38 bits per heavy atom. The van der Waals surface area contributed by atoms with Crippen LogP contribution in [0.4, 0.5) is 16.6 Å². The summed E-state index contributed by atoms with van der Waals surface area (Å²) in [4.78, 5) is 62.9. The molecule has 2 aromatic heterocycles. The van der Waals surface area contributed by atoms with Crippen LogP contribution in [-0.2, 0) is 22.6 Å². The first-order chi connectivity index (χ1) is 32.6. The van der Waals surface area contributed by atoms with Crippen molar-refractivity contribution in [2.75, 3.05) is 49.9 Å². The van der Waals surface area contributed by atoms with Gasteiger partial charge in [0.25, 0.3) is 0 Å². The van der Waals surface area contributed by atoms with E-state index >= 15 is 0 Å². The van der Waals surface area contributed by atoms with Gasteiger partial charge in [-0.25, -0.2) is 14.8 Å². The summed E-state index contributed by atoms with van der Waals surface area (Å²) in [5.41, 5.74) is 19.6. The molecule has 2 aromatic carbocycles. The van der Waals surface area contributed by atoms with Crippen LogP contribution in [0.1, 0.15) is 124 Å². The molecule has 15 nitrogen and oxygen atoms in total. The summed E-state index contributed by atoms with van der Waals surface area (Å²) in [7, 11) is 0. The van der Waals surface area contributed by atoms with Gasteiger partial charge in [0.1, 0.15) is 23.7 Å². The number of fused-ring (bicyclic) bond motifs is 1. The predicted octanol–water partition coefficient (Wildman–Crippen LogP) is 6.12. The number of carbonyl (C=O) groups is 3. The number of benzene rings is 2. The fraction of sp³-hybridized carbons (Fsp3) is 0.491. The Morgan fingerprint density at radius 2 is 1.72 bits per heavy atom. The lowest BCUT2D eigenvalue weighted by Gasteiger charge is -2.61. The number of nitrogens with zero attached hydrogens (tertiary/aromatic N) is 6. The van der Waals surface area contributed by atoms with Gasteiger partial charge in [0, 0.05) is 96.6 Å². The molecule has 1 saturated carbocycles. The van der Waals surface area contributed by atoms with Gasteiger partial charge in [-0.2, -0.15) is 0 Å². The van der Waals surface area contributed by atoms with E-state index in [4.69, 9.17) is 27.9 Å². The molecule has 3 saturated heterocycles. The highest BCUT2D eigenvalue weighted by atomic mass is 16.3. The quantitative estimate of drug-likeness (QED) is 0.0953. The Hall–Kier alpha value is -6.53. The Kier molecular flexibility index (Phi) is 12.9. The number of likely N-dealkylation sites (tertiary alicyclic amines) is 3. The number of terminal acetylenes is 1. The van der Waals surface area contributed by atoms with Gasteiger partial charge >= 0.3 is 6.03 Å². The van der Waals surface area contributed by atoms with E-state index < -0.39 is 17.5 Å². The van der Waals surface area contributed by atoms with E-state index in [-0.39, 0.29) is 35.1 Å². The van der Waals surface area contributed by atoms with Crippen molar-refractivity contribution in [3.05, 3.63) is 100.0 Å². The van der Waals surface area contributed by atoms with Crippen LogP contribution in [0, 0.1) is 23.2 Å². The summed E-state index contributed by atoms with van der Waals surface area (Å²) in [5, 5.41) is 16.5. The molecule has 4 fully saturated rings. The third kappa shape index (κ3) is 9.22. The monoisotopic (exact) mass is 922 g/mol. The number of nitrogens with two attached hydrogens (primary N) is 2. The van der Waals surface area contributed by atoms with E-state index in [9.17, 15) is 19.5 Å². The second kappa shape index (κ2) is 18.9. The molecule has 358 valence electrons. The number of aromatic hydroxyl groups is 1. The van der Waals surface area contributed by atoms with Crippen LogP contribution in [0.5, 0.6) is 5.75 Å². The van der Waals surface area contributed by atoms with Crippen molar-refractivity contribution in [3.8, 4) is 18.1 Å². The zero-order chi connectivity index (χ0) is 47.9. The number of urea groups is 1. The van der Waals surface area contributed by atoms with E-state index in [1.807, 2.05) is 74.5 Å². The van der Waals surface area contributed by atoms with Gasteiger partial charge in [-0.1, -0.05) is 57.9 Å². The molecule has 9 rings (SSSR count). The number of para-hydroxylation sites is 1. The third-order valence-corrected chi connectivity index (χ3v) is 15.3. The maximum atomic E-state index is 14.1. The number of nitrogens with one attached hydrogen (secondary N) is 3. The van der Waals surface area contributed by atoms with E-state index in [1.54, 1.807) is 23.1 Å². The van der Waals surface area contributed by atoms with Crippen molar-refractivity contribution < 1.29 is 19.5 Å². The number of piperidine rings is 1. The van der Waals surface area contributed by atoms with E-state index in [2.05, 4.69) is 38.3 Å². The van der Waals surface area contributed by atoms with Crippen LogP contribution >= 0.6 is 0 Å². The molecule has 1 aliphatic carbocycles. The highest BCUT2D eigenvalue weighted by Gasteiger charge is 2.56. The van der Waals surface area contributed by atoms with Gasteiger partial charge < -0.3 is 51.8 Å². The molecule has 0 radical (unpaired) electrons. The number of aromatic nitrogens is 3. The van der Waals surface area contributed by atoms with Crippen molar-refractivity contribution in [2.24, 2.45) is 16.6 Å². The number of nitrogen functional groups attached to an aromatic ring is 1. The summed E-state index contributed by atoms with van der Waals surface area (Å²) in [6, 6.07) is 13.5. The zero-order valence-corrected chi connectivity index (χ0v) is 39.9. The van der Waals surface area contributed by atoms with Gasteiger partial charge in [-0.15, -0.1) is 6.42 Å². The average Bonchev–Trinajstić information content (AvgIpc) is 3.93. The number of hydrogen-bond acceptors (Lipinski definition) is 10. The van der Waals surface area contributed by atoms with Crippen LogP contribution in [0.3, 0.4) is 0 Å². The number of rotatable bonds is 11. The SMILES string of the molecule is C#Cc1ccc(CNC(=O)C2CCCN2C(=O)C(NC(=O)N2CC3(CC(N4CCC(c5cnc(N6CCc7[nH]c(N)c(/C=C(\N)c8ccccc8O)c7[C@H]6CC)nc5)CC4)C3)C2)C(C)(C)C)cc1. The highest BCUT2D eigenvalue weighted by Crippen LogP contribution is 2.51. The normalized spacial score (nSPS) is 21.4. The van der Waals surface area contributed by atoms with Crippen molar-refractivity contribution in [3.63, 3.8) is 0 Å². The molecular formula is C53H67N11O4. The summed E-state index contributed by atoms with van der Waals surface area (Å²) in [5.74, 6) is 3.99. The summed E-state index contributed by atoms with van der Waals surface area (Å²) in [6.07, 6.45) is 18.5. The lowest BCUT2D eigenvalue weighted by atomic mass is 9.60. The van der Waals surface area contributed by atoms with Gasteiger partial charge in [-0.3, -0.25) is 9.59 Å². The summed E-state index contributed by atoms with van der Waals surface area (Å²) < 4.78 is 0. The van der Waals surface area contributed by atoms with Gasteiger partial charge in [-0.05, 0) is 111 Å². The third-order valence-electron chi connectivity index (χ3n) is 15.3. The standard InChI is InChI=1S/C53H67N11O4/c1-6-33-14-16-34(17-15-33)28-56-48(66)43-12-10-21-63(43)49(67)46(52(3,4)5)60-51(68)62-31-53(32-62)26-37(27-53)61-22-18-35(19-23-61)36-29-57-50(58-30-36)64-24-20-41-45(42(64)7-2)39(47(55)59-41)25-40(54)38-11-8-9-13-44(38)65/h1,8-9,11,13-17,25,29-30,35,37,42-43,46,59,65H,7,10,12,18-24,26-28,31-32,54-55H2,2-5H3,(H,56,66)(H,60,68)/b40-25-/t42-,43?,46?/m1/s1. The number of H-pyrrole nitrogens is 1. The Bertz CT molecular complexity index is 2570. The minimum absolute atomic E-state index is 0.00246. The molecule has 6 heterocycles. The minimum Gasteiger partial charge on any atom is -0.507 e. The number of aromatic amines is 1. The molecule has 15 heteroatoms. The fourth-order valence-corrected chi connectivity index (χ4v) is 11.5. The number of amides is 4. The van der Waals surface area contributed by atoms with Crippen LogP contribution in [0.25, 0.3) is 11.8 Å². The smallest absolute Gasteiger partial charge is 0.318 e. The summed E-state index contributed by atoms with van der Waals surface area (Å²) >= 11 is 0. The molecule has 4 aromatic rings. The Morgan fingerprint density at radius 1 is 1.01 bits per heavy atom. The number of phenolic OH excluding ortho intramolecular Hbond substituents is 1. The van der Waals surface area contributed by atoms with Crippen LogP contribution in [0.15, 0.2) is 60.9 Å². The topological polar surface area (TPSA) is 202 Å². The maximum absolute atomic E-state index is 14.1. The number of anilines is 2. The number of hydrogen-bond donors (Lipinski definition) is 6. The highest BCUT2D eigenvalue weighted by molar-refractivity contribution is 5.93. The van der Waals surface area contributed by atoms with Crippen molar-refractivity contribution in [1.82, 2.24) is 40.3 Å². The Balaban J connectivity index is 0.743. The van der Waals surface area contributed by atoms with Crippen LogP contribution in [-0.4, -0.2) is 110 Å². The van der Waals surface area contributed by atoms with Crippen LogP contribution in [0.2, 0.25) is 0 Å². The van der Waals surface area contributed by atoms with Crippen molar-refractivity contribution in [1.29, 1.82) is 0 Å². The van der Waals surface area contributed by atoms with Gasteiger partial charge in [0.05, 0.1) is 6.04 Å². The molecule has 5 aliphatic rings. The van der Waals surface area contributed by atoms with Gasteiger partial charge in [0.2, 0.25) is 17.8 Å². The number of phenols is 1. The molecule has 4 aliphatic heterocycles. The lowest BCUT2D eigenvalue weighted by molar-refractivity contribution is -0.142. The predicted molar refractivity (Wildman–Crippen MR) is 265 cm³/mol. The molecule has 68 heavy (non-hydrogen) atoms. The molecule has 3 atom stereocenters. The van der Waals surface area contributed by atoms with E-state index in [0.29, 0.717) is 67.6 Å². The molecule has 0 bridgehead atoms. The van der Waals surface area contributed by atoms with Crippen molar-refractivity contribution >= 4 is 41.4 Å². The largest absolute Gasteiger partial charge is 0.507 e. The second-order valence-corrected chi connectivity index (χ2v) is 20.9. The molecule has 2 unspecified atom stereocenters. The average molecular weight is 922 g/mol. The first-order valence-electron chi connectivity index (χ1n) is 24.4. The van der Waals surface area contributed by atoms with E-state index in [0.717, 1.165) is 92.5 Å². The van der Waals surface area contributed by atoms with E-state index in [1.165, 1.54) is 5.56 Å². The lowest BCUT2D eigenvalue weighted by Crippen LogP contribution is -2.70. The molecule has 4 amide bonds. The van der Waals surface area contributed by atoms with Crippen LogP contribution < -0.4 is 27.0 Å². The molecular weight excluding hydrogens is 855 g/mol. The molecule has 1 spiro atoms. The zero-order valence-electron chi connectivity index (χ0n) is 39.9. The molecule has 8 N–H and O–H groups in total. The first-order valence-corrected chi connectivity index (χ1v) is 24.4. The number of carbonyl (C=O) groups excluding carboxylic acids is 3. The maximum Gasteiger partial charge on any atom is 0.318 e. The first kappa shape index (κ1) is 46.6. The second-order valence-electron chi connectivity index (χ2n) is 20.9. The summed E-state index contributed by atoms with van der Waals surface area (Å²) in [6.45, 7) is 13.0. The van der Waals surface area contributed by atoms with Crippen molar-refractivity contribution in [2.45, 2.75) is 116 Å².